The van der Waals surface area contributed by atoms with Crippen LogP contribution < -0.4 is 15.4 Å². The topological polar surface area (TPSA) is 53.6 Å². The maximum absolute atomic E-state index is 12.1. The smallest absolute Gasteiger partial charge is 0.251 e. The third-order valence-electron chi connectivity index (χ3n) is 3.72. The molecule has 1 aliphatic heterocycles. The van der Waals surface area contributed by atoms with Gasteiger partial charge in [-0.2, -0.15) is 0 Å². The molecule has 6 heteroatoms. The van der Waals surface area contributed by atoms with Crippen molar-refractivity contribution < 1.29 is 9.53 Å². The van der Waals surface area contributed by atoms with Crippen molar-refractivity contribution in [2.45, 2.75) is 19.8 Å². The van der Waals surface area contributed by atoms with Crippen LogP contribution in [-0.2, 0) is 0 Å². The lowest BCUT2D eigenvalue weighted by Crippen LogP contribution is -2.44. The Morgan fingerprint density at radius 1 is 1.35 bits per heavy atom. The standard InChI is InChI=1S/C17H27N3O2.ClH/c1-2-13-22-16-6-3-5-15(14-16)17(21)19-7-4-10-20-11-8-18-9-12-20;/h3,5-6,14,18H,2,4,7-13H2,1H3,(H,19,21);1H. The Labute approximate surface area is 145 Å². The number of halogens is 1. The molecule has 5 nitrogen and oxygen atoms in total. The monoisotopic (exact) mass is 341 g/mol. The summed E-state index contributed by atoms with van der Waals surface area (Å²) in [5.41, 5.74) is 0.663. The lowest BCUT2D eigenvalue weighted by Gasteiger charge is -2.27. The summed E-state index contributed by atoms with van der Waals surface area (Å²) in [4.78, 5) is 14.6. The molecule has 0 atom stereocenters. The molecule has 1 aromatic rings. The lowest BCUT2D eigenvalue weighted by molar-refractivity contribution is 0.0951. The van der Waals surface area contributed by atoms with E-state index in [1.54, 1.807) is 6.07 Å². The van der Waals surface area contributed by atoms with Crippen LogP contribution in [0.1, 0.15) is 30.1 Å². The van der Waals surface area contributed by atoms with Gasteiger partial charge in [0.2, 0.25) is 0 Å². The Morgan fingerprint density at radius 3 is 2.87 bits per heavy atom. The number of benzene rings is 1. The van der Waals surface area contributed by atoms with Gasteiger partial charge in [0.25, 0.3) is 5.91 Å². The summed E-state index contributed by atoms with van der Waals surface area (Å²) in [6.07, 6.45) is 1.94. The number of nitrogens with one attached hydrogen (secondary N) is 2. The largest absolute Gasteiger partial charge is 0.494 e. The number of hydrogen-bond donors (Lipinski definition) is 2. The molecule has 0 bridgehead atoms. The summed E-state index contributed by atoms with van der Waals surface area (Å²) < 4.78 is 5.56. The molecule has 1 heterocycles. The Bertz CT molecular complexity index is 465. The van der Waals surface area contributed by atoms with Gasteiger partial charge in [-0.05, 0) is 37.6 Å². The van der Waals surface area contributed by atoms with Gasteiger partial charge in [-0.15, -0.1) is 12.4 Å². The summed E-state index contributed by atoms with van der Waals surface area (Å²) in [5.74, 6) is 0.734. The number of carbonyl (C=O) groups is 1. The van der Waals surface area contributed by atoms with E-state index in [1.807, 2.05) is 18.2 Å². The van der Waals surface area contributed by atoms with Gasteiger partial charge in [0, 0.05) is 38.3 Å². The van der Waals surface area contributed by atoms with Crippen molar-refractivity contribution in [3.8, 4) is 5.75 Å². The Kier molecular flexibility index (Phi) is 9.67. The van der Waals surface area contributed by atoms with E-state index in [2.05, 4.69) is 22.5 Å². The van der Waals surface area contributed by atoms with Crippen molar-refractivity contribution in [1.29, 1.82) is 0 Å². The first-order valence-corrected chi connectivity index (χ1v) is 8.23. The number of piperazine rings is 1. The molecule has 23 heavy (non-hydrogen) atoms. The number of nitrogens with zero attached hydrogens (tertiary/aromatic N) is 1. The fraction of sp³-hybridized carbons (Fsp3) is 0.588. The van der Waals surface area contributed by atoms with Gasteiger partial charge in [0.15, 0.2) is 0 Å². The quantitative estimate of drug-likeness (QED) is 0.709. The fourth-order valence-corrected chi connectivity index (χ4v) is 2.49. The van der Waals surface area contributed by atoms with E-state index in [4.69, 9.17) is 4.74 Å². The molecule has 1 saturated heterocycles. The van der Waals surface area contributed by atoms with Gasteiger partial charge in [-0.1, -0.05) is 13.0 Å². The van der Waals surface area contributed by atoms with E-state index < -0.39 is 0 Å². The Hall–Kier alpha value is -1.30. The summed E-state index contributed by atoms with van der Waals surface area (Å²) >= 11 is 0. The molecular weight excluding hydrogens is 314 g/mol. The third-order valence-corrected chi connectivity index (χ3v) is 3.72. The maximum Gasteiger partial charge on any atom is 0.251 e. The number of hydrogen-bond acceptors (Lipinski definition) is 4. The molecule has 0 spiro atoms. The predicted molar refractivity (Wildman–Crippen MR) is 95.7 cm³/mol. The zero-order chi connectivity index (χ0) is 15.6. The summed E-state index contributed by atoms with van der Waals surface area (Å²) in [6.45, 7) is 8.83. The number of rotatable bonds is 8. The van der Waals surface area contributed by atoms with Crippen LogP contribution >= 0.6 is 12.4 Å². The number of ether oxygens (including phenoxy) is 1. The normalized spacial score (nSPS) is 14.8. The third kappa shape index (κ3) is 7.20. The molecule has 0 aliphatic carbocycles. The predicted octanol–water partition coefficient (Wildman–Crippen LogP) is 1.92. The second-order valence-electron chi connectivity index (χ2n) is 5.58. The molecule has 1 amide bonds. The number of amides is 1. The van der Waals surface area contributed by atoms with Crippen LogP contribution in [0.15, 0.2) is 24.3 Å². The van der Waals surface area contributed by atoms with E-state index in [0.29, 0.717) is 18.7 Å². The van der Waals surface area contributed by atoms with Crippen LogP contribution in [0.2, 0.25) is 0 Å². The minimum atomic E-state index is -0.0257. The molecule has 1 aliphatic rings. The summed E-state index contributed by atoms with van der Waals surface area (Å²) in [6, 6.07) is 7.38. The SMILES string of the molecule is CCCOc1cccc(C(=O)NCCCN2CCNCC2)c1.Cl. The van der Waals surface area contributed by atoms with Crippen LogP contribution in [0.5, 0.6) is 5.75 Å². The van der Waals surface area contributed by atoms with E-state index in [0.717, 1.165) is 51.3 Å². The van der Waals surface area contributed by atoms with Crippen molar-refractivity contribution in [3.05, 3.63) is 29.8 Å². The van der Waals surface area contributed by atoms with Crippen LogP contribution in [0, 0.1) is 0 Å². The van der Waals surface area contributed by atoms with Gasteiger partial charge in [0.05, 0.1) is 6.61 Å². The van der Waals surface area contributed by atoms with Gasteiger partial charge in [-0.25, -0.2) is 0 Å². The van der Waals surface area contributed by atoms with E-state index in [9.17, 15) is 4.79 Å². The van der Waals surface area contributed by atoms with Crippen LogP contribution in [0.4, 0.5) is 0 Å². The van der Waals surface area contributed by atoms with Crippen LogP contribution in [0.3, 0.4) is 0 Å². The van der Waals surface area contributed by atoms with E-state index in [-0.39, 0.29) is 18.3 Å². The van der Waals surface area contributed by atoms with Gasteiger partial charge in [-0.3, -0.25) is 4.79 Å². The average molecular weight is 342 g/mol. The van der Waals surface area contributed by atoms with E-state index in [1.165, 1.54) is 0 Å². The van der Waals surface area contributed by atoms with E-state index >= 15 is 0 Å². The molecule has 2 N–H and O–H groups in total. The highest BCUT2D eigenvalue weighted by Crippen LogP contribution is 2.13. The maximum atomic E-state index is 12.1. The van der Waals surface area contributed by atoms with Crippen molar-refractivity contribution in [2.75, 3.05) is 45.9 Å². The minimum absolute atomic E-state index is 0. The molecule has 0 unspecified atom stereocenters. The molecule has 0 aromatic heterocycles. The Morgan fingerprint density at radius 2 is 2.13 bits per heavy atom. The second-order valence-corrected chi connectivity index (χ2v) is 5.58. The van der Waals surface area contributed by atoms with Crippen LogP contribution in [-0.4, -0.2) is 56.7 Å². The number of carbonyl (C=O) groups excluding carboxylic acids is 1. The highest BCUT2D eigenvalue weighted by atomic mass is 35.5. The van der Waals surface area contributed by atoms with Crippen molar-refractivity contribution >= 4 is 18.3 Å². The molecule has 2 rings (SSSR count). The molecule has 130 valence electrons. The molecule has 0 saturated carbocycles. The van der Waals surface area contributed by atoms with Crippen molar-refractivity contribution in [3.63, 3.8) is 0 Å². The highest BCUT2D eigenvalue weighted by Gasteiger charge is 2.09. The van der Waals surface area contributed by atoms with Gasteiger partial charge >= 0.3 is 0 Å². The summed E-state index contributed by atoms with van der Waals surface area (Å²) in [5, 5.41) is 6.33. The highest BCUT2D eigenvalue weighted by molar-refractivity contribution is 5.94. The Balaban J connectivity index is 0.00000264. The van der Waals surface area contributed by atoms with Gasteiger partial charge in [0.1, 0.15) is 5.75 Å². The molecule has 1 aromatic carbocycles. The second kappa shape index (κ2) is 11.3. The molecular formula is C17H28ClN3O2. The lowest BCUT2D eigenvalue weighted by atomic mass is 10.2. The zero-order valence-corrected chi connectivity index (χ0v) is 14.7. The molecule has 1 fully saturated rings. The first-order valence-electron chi connectivity index (χ1n) is 8.23. The van der Waals surface area contributed by atoms with Crippen molar-refractivity contribution in [1.82, 2.24) is 15.5 Å². The van der Waals surface area contributed by atoms with Crippen molar-refractivity contribution in [2.24, 2.45) is 0 Å². The minimum Gasteiger partial charge on any atom is -0.494 e. The summed E-state index contributed by atoms with van der Waals surface area (Å²) in [7, 11) is 0. The first kappa shape index (κ1) is 19.7. The average Bonchev–Trinajstić information content (AvgIpc) is 2.58. The fourth-order valence-electron chi connectivity index (χ4n) is 2.49. The zero-order valence-electron chi connectivity index (χ0n) is 13.8. The first-order chi connectivity index (χ1) is 10.8. The molecule has 0 radical (unpaired) electrons. The van der Waals surface area contributed by atoms with Crippen LogP contribution in [0.25, 0.3) is 0 Å². The van der Waals surface area contributed by atoms with Gasteiger partial charge < -0.3 is 20.3 Å².